The zero-order chi connectivity index (χ0) is 13.2. The molecule has 17 heavy (non-hydrogen) atoms. The van der Waals surface area contributed by atoms with E-state index < -0.39 is 0 Å². The molecule has 0 radical (unpaired) electrons. The summed E-state index contributed by atoms with van der Waals surface area (Å²) in [5, 5.41) is 8.20. The van der Waals surface area contributed by atoms with Crippen LogP contribution in [-0.2, 0) is 0 Å². The highest BCUT2D eigenvalue weighted by Gasteiger charge is 2.15. The SMILES string of the molecule is Cc1nn(C(C)C)c(C)c1NC(C)CC(C)C. The van der Waals surface area contributed by atoms with Crippen molar-refractivity contribution in [2.24, 2.45) is 5.92 Å². The Balaban J connectivity index is 2.84. The van der Waals surface area contributed by atoms with Gasteiger partial charge >= 0.3 is 0 Å². The largest absolute Gasteiger partial charge is 0.380 e. The van der Waals surface area contributed by atoms with Crippen molar-refractivity contribution < 1.29 is 0 Å². The Morgan fingerprint density at radius 3 is 2.12 bits per heavy atom. The minimum Gasteiger partial charge on any atom is -0.380 e. The molecule has 3 nitrogen and oxygen atoms in total. The Morgan fingerprint density at radius 2 is 1.71 bits per heavy atom. The molecule has 0 aromatic carbocycles. The van der Waals surface area contributed by atoms with Crippen LogP contribution in [0.15, 0.2) is 0 Å². The third-order valence-corrected chi connectivity index (χ3v) is 3.03. The summed E-state index contributed by atoms with van der Waals surface area (Å²) in [4.78, 5) is 0. The summed E-state index contributed by atoms with van der Waals surface area (Å²) < 4.78 is 2.10. The van der Waals surface area contributed by atoms with Gasteiger partial charge in [0.25, 0.3) is 0 Å². The molecular weight excluding hydrogens is 210 g/mol. The molecule has 1 heterocycles. The van der Waals surface area contributed by atoms with E-state index in [0.717, 1.165) is 11.6 Å². The average molecular weight is 237 g/mol. The van der Waals surface area contributed by atoms with Gasteiger partial charge in [0.1, 0.15) is 0 Å². The highest BCUT2D eigenvalue weighted by Crippen LogP contribution is 2.24. The molecule has 0 amide bonds. The maximum atomic E-state index is 4.60. The molecular formula is C14H27N3. The summed E-state index contributed by atoms with van der Waals surface area (Å²) >= 11 is 0. The minimum absolute atomic E-state index is 0.421. The highest BCUT2D eigenvalue weighted by molar-refractivity contribution is 5.52. The molecule has 3 heteroatoms. The standard InChI is InChI=1S/C14H27N3/c1-9(2)8-11(5)15-14-12(6)16-17(10(3)4)13(14)7/h9-11,15H,8H2,1-7H3. The van der Waals surface area contributed by atoms with Gasteiger partial charge in [-0.25, -0.2) is 0 Å². The fourth-order valence-electron chi connectivity index (χ4n) is 2.39. The van der Waals surface area contributed by atoms with Crippen molar-refractivity contribution in [3.8, 4) is 0 Å². The van der Waals surface area contributed by atoms with Gasteiger partial charge in [0.15, 0.2) is 0 Å². The molecule has 0 aliphatic carbocycles. The molecule has 1 unspecified atom stereocenters. The molecule has 1 N–H and O–H groups in total. The molecule has 0 spiro atoms. The average Bonchev–Trinajstić information content (AvgIpc) is 2.44. The summed E-state index contributed by atoms with van der Waals surface area (Å²) in [5.74, 6) is 0.721. The van der Waals surface area contributed by atoms with Crippen molar-refractivity contribution >= 4 is 5.69 Å². The van der Waals surface area contributed by atoms with Crippen molar-refractivity contribution in [1.82, 2.24) is 9.78 Å². The van der Waals surface area contributed by atoms with Gasteiger partial charge in [-0.1, -0.05) is 13.8 Å². The van der Waals surface area contributed by atoms with Gasteiger partial charge in [0.2, 0.25) is 0 Å². The zero-order valence-electron chi connectivity index (χ0n) is 12.3. The van der Waals surface area contributed by atoms with Gasteiger partial charge in [0, 0.05) is 12.1 Å². The van der Waals surface area contributed by atoms with Crippen LogP contribution in [0.1, 0.15) is 58.5 Å². The van der Waals surface area contributed by atoms with E-state index in [1.807, 2.05) is 0 Å². The maximum absolute atomic E-state index is 4.60. The van der Waals surface area contributed by atoms with Gasteiger partial charge in [-0.2, -0.15) is 5.10 Å². The molecule has 98 valence electrons. The lowest BCUT2D eigenvalue weighted by atomic mass is 10.0. The van der Waals surface area contributed by atoms with Crippen molar-refractivity contribution in [2.75, 3.05) is 5.32 Å². The Labute approximate surface area is 106 Å². The van der Waals surface area contributed by atoms with Gasteiger partial charge in [-0.3, -0.25) is 4.68 Å². The second-order valence-corrected chi connectivity index (χ2v) is 5.76. The van der Waals surface area contributed by atoms with E-state index in [2.05, 4.69) is 63.6 Å². The van der Waals surface area contributed by atoms with Crippen molar-refractivity contribution in [2.45, 2.75) is 67.0 Å². The Kier molecular flexibility index (Phi) is 4.61. The molecule has 0 aliphatic heterocycles. The van der Waals surface area contributed by atoms with Crippen LogP contribution < -0.4 is 5.32 Å². The number of anilines is 1. The first-order valence-electron chi connectivity index (χ1n) is 6.65. The van der Waals surface area contributed by atoms with Crippen LogP contribution in [0.2, 0.25) is 0 Å². The second kappa shape index (κ2) is 5.56. The lowest BCUT2D eigenvalue weighted by Crippen LogP contribution is -2.18. The van der Waals surface area contributed by atoms with Crippen LogP contribution in [0.4, 0.5) is 5.69 Å². The van der Waals surface area contributed by atoms with Gasteiger partial charge < -0.3 is 5.32 Å². The number of rotatable bonds is 5. The molecule has 0 aliphatic rings. The monoisotopic (exact) mass is 237 g/mol. The molecule has 0 bridgehead atoms. The molecule has 1 aromatic rings. The number of nitrogens with zero attached hydrogens (tertiary/aromatic N) is 2. The number of nitrogens with one attached hydrogen (secondary N) is 1. The van der Waals surface area contributed by atoms with E-state index in [9.17, 15) is 0 Å². The normalized spacial score (nSPS) is 13.5. The molecule has 0 saturated heterocycles. The zero-order valence-corrected chi connectivity index (χ0v) is 12.3. The van der Waals surface area contributed by atoms with E-state index in [1.54, 1.807) is 0 Å². The van der Waals surface area contributed by atoms with Crippen LogP contribution in [0.3, 0.4) is 0 Å². The highest BCUT2D eigenvalue weighted by atomic mass is 15.3. The smallest absolute Gasteiger partial charge is 0.0828 e. The van der Waals surface area contributed by atoms with Crippen molar-refractivity contribution in [3.05, 3.63) is 11.4 Å². The number of aryl methyl sites for hydroxylation is 1. The lowest BCUT2D eigenvalue weighted by Gasteiger charge is -2.18. The van der Waals surface area contributed by atoms with E-state index in [0.29, 0.717) is 12.1 Å². The van der Waals surface area contributed by atoms with E-state index >= 15 is 0 Å². The van der Waals surface area contributed by atoms with E-state index in [-0.39, 0.29) is 0 Å². The van der Waals surface area contributed by atoms with E-state index in [4.69, 9.17) is 0 Å². The quantitative estimate of drug-likeness (QED) is 0.841. The molecule has 1 aromatic heterocycles. The lowest BCUT2D eigenvalue weighted by molar-refractivity contribution is 0.515. The van der Waals surface area contributed by atoms with Crippen LogP contribution in [-0.4, -0.2) is 15.8 Å². The first kappa shape index (κ1) is 14.1. The Hall–Kier alpha value is -0.990. The fourth-order valence-corrected chi connectivity index (χ4v) is 2.39. The van der Waals surface area contributed by atoms with E-state index in [1.165, 1.54) is 17.8 Å². The summed E-state index contributed by atoms with van der Waals surface area (Å²) in [7, 11) is 0. The molecule has 0 saturated carbocycles. The first-order chi connectivity index (χ1) is 7.82. The minimum atomic E-state index is 0.421. The third-order valence-electron chi connectivity index (χ3n) is 3.03. The predicted octanol–water partition coefficient (Wildman–Crippen LogP) is 3.93. The van der Waals surface area contributed by atoms with Crippen LogP contribution in [0.25, 0.3) is 0 Å². The van der Waals surface area contributed by atoms with Crippen molar-refractivity contribution in [3.63, 3.8) is 0 Å². The molecule has 0 fully saturated rings. The second-order valence-electron chi connectivity index (χ2n) is 5.76. The third kappa shape index (κ3) is 3.48. The summed E-state index contributed by atoms with van der Waals surface area (Å²) in [6.07, 6.45) is 1.19. The topological polar surface area (TPSA) is 29.9 Å². The van der Waals surface area contributed by atoms with Crippen LogP contribution in [0.5, 0.6) is 0 Å². The summed E-state index contributed by atoms with van der Waals surface area (Å²) in [5.41, 5.74) is 3.56. The molecule has 1 rings (SSSR count). The number of aromatic nitrogens is 2. The van der Waals surface area contributed by atoms with Crippen LogP contribution >= 0.6 is 0 Å². The van der Waals surface area contributed by atoms with Gasteiger partial charge in [-0.05, 0) is 47.0 Å². The fraction of sp³-hybridized carbons (Fsp3) is 0.786. The van der Waals surface area contributed by atoms with Gasteiger partial charge in [-0.15, -0.1) is 0 Å². The Bertz CT molecular complexity index is 364. The first-order valence-corrected chi connectivity index (χ1v) is 6.65. The van der Waals surface area contributed by atoms with Crippen LogP contribution in [0, 0.1) is 19.8 Å². The Morgan fingerprint density at radius 1 is 1.12 bits per heavy atom. The summed E-state index contributed by atoms with van der Waals surface area (Å²) in [6, 6.07) is 0.918. The number of hydrogen-bond acceptors (Lipinski definition) is 2. The van der Waals surface area contributed by atoms with Crippen molar-refractivity contribution in [1.29, 1.82) is 0 Å². The number of hydrogen-bond donors (Lipinski definition) is 1. The van der Waals surface area contributed by atoms with Gasteiger partial charge in [0.05, 0.1) is 17.1 Å². The summed E-state index contributed by atoms with van der Waals surface area (Å²) in [6.45, 7) is 15.3. The molecule has 1 atom stereocenters. The maximum Gasteiger partial charge on any atom is 0.0828 e. The predicted molar refractivity (Wildman–Crippen MR) is 74.6 cm³/mol.